The maximum absolute atomic E-state index is 12.3. The van der Waals surface area contributed by atoms with Crippen LogP contribution < -0.4 is 5.32 Å². The number of rotatable bonds is 5. The highest BCUT2D eigenvalue weighted by Crippen LogP contribution is 2.35. The lowest BCUT2D eigenvalue weighted by Crippen LogP contribution is -2.11. The quantitative estimate of drug-likeness (QED) is 0.860. The summed E-state index contributed by atoms with van der Waals surface area (Å²) >= 11 is 1.44. The molecule has 6 nitrogen and oxygen atoms in total. The summed E-state index contributed by atoms with van der Waals surface area (Å²) in [5.41, 5.74) is 1.13. The van der Waals surface area contributed by atoms with Crippen molar-refractivity contribution >= 4 is 32.2 Å². The average Bonchev–Trinajstić information content (AvgIpc) is 3.03. The van der Waals surface area contributed by atoms with Gasteiger partial charge in [-0.05, 0) is 30.5 Å². The van der Waals surface area contributed by atoms with Crippen molar-refractivity contribution in [2.24, 2.45) is 0 Å². The Morgan fingerprint density at radius 1 is 1.16 bits per heavy atom. The number of hydrogen-bond donors (Lipinski definition) is 1. The van der Waals surface area contributed by atoms with Gasteiger partial charge in [0, 0.05) is 17.7 Å². The highest BCUT2D eigenvalue weighted by molar-refractivity contribution is 7.89. The van der Waals surface area contributed by atoms with Gasteiger partial charge in [-0.15, -0.1) is 10.2 Å². The number of hydrogen-bond acceptors (Lipinski definition) is 6. The van der Waals surface area contributed by atoms with Crippen molar-refractivity contribution in [2.75, 3.05) is 11.6 Å². The number of carbonyl (C=O) groups excluding carboxylic acids is 1. The van der Waals surface area contributed by atoms with Crippen molar-refractivity contribution in [3.8, 4) is 0 Å². The van der Waals surface area contributed by atoms with Crippen LogP contribution in [-0.2, 0) is 15.6 Å². The van der Waals surface area contributed by atoms with Crippen LogP contribution in [0.4, 0.5) is 5.13 Å². The molecule has 1 N–H and O–H groups in total. The molecule has 1 aromatic heterocycles. The van der Waals surface area contributed by atoms with Gasteiger partial charge in [0.05, 0.1) is 5.75 Å². The number of anilines is 1. The molecule has 0 spiro atoms. The van der Waals surface area contributed by atoms with Gasteiger partial charge in [0.1, 0.15) is 5.01 Å². The number of benzene rings is 1. The van der Waals surface area contributed by atoms with Crippen LogP contribution >= 0.6 is 11.3 Å². The number of nitrogens with zero attached hydrogens (tertiary/aromatic N) is 2. The predicted octanol–water partition coefficient (Wildman–Crippen LogP) is 3.38. The molecule has 0 aliphatic heterocycles. The molecule has 25 heavy (non-hydrogen) atoms. The number of sulfone groups is 1. The number of nitrogens with one attached hydrogen (secondary N) is 1. The molecule has 1 heterocycles. The molecule has 1 fully saturated rings. The van der Waals surface area contributed by atoms with Crippen LogP contribution in [0.2, 0.25) is 0 Å². The fraction of sp³-hybridized carbons (Fsp3) is 0.471. The Balaban J connectivity index is 1.63. The first kappa shape index (κ1) is 18.0. The monoisotopic (exact) mass is 379 g/mol. The third kappa shape index (κ3) is 5.09. The molecule has 1 aliphatic carbocycles. The summed E-state index contributed by atoms with van der Waals surface area (Å²) in [6.07, 6.45) is 7.22. The molecule has 1 amide bonds. The smallest absolute Gasteiger partial charge is 0.257 e. The molecule has 1 saturated carbocycles. The second-order valence-electron chi connectivity index (χ2n) is 6.50. The van der Waals surface area contributed by atoms with E-state index in [2.05, 4.69) is 15.5 Å². The Bertz CT molecular complexity index is 838. The molecule has 0 atom stereocenters. The molecule has 134 valence electrons. The first-order valence-electron chi connectivity index (χ1n) is 8.32. The fourth-order valence-electron chi connectivity index (χ4n) is 3.02. The molecule has 2 aromatic rings. The van der Waals surface area contributed by atoms with Gasteiger partial charge in [0.25, 0.3) is 5.91 Å². The summed E-state index contributed by atoms with van der Waals surface area (Å²) in [7, 11) is -3.08. The second kappa shape index (κ2) is 7.61. The van der Waals surface area contributed by atoms with E-state index in [1.807, 2.05) is 0 Å². The summed E-state index contributed by atoms with van der Waals surface area (Å²) in [6.45, 7) is 0. The van der Waals surface area contributed by atoms with E-state index in [9.17, 15) is 13.2 Å². The summed E-state index contributed by atoms with van der Waals surface area (Å²) in [5.74, 6) is 0.167. The van der Waals surface area contributed by atoms with Crippen LogP contribution in [0.5, 0.6) is 0 Å². The van der Waals surface area contributed by atoms with Crippen LogP contribution in [-0.4, -0.2) is 30.8 Å². The van der Waals surface area contributed by atoms with E-state index in [0.29, 0.717) is 22.2 Å². The number of aromatic nitrogens is 2. The standard InChI is InChI=1S/C17H21N3O3S2/c1-25(22,23)11-12-7-9-13(10-8-12)15(21)18-17-20-19-16(24-17)14-5-3-2-4-6-14/h7-10,14H,2-6,11H2,1H3,(H,18,20,21). The zero-order valence-electron chi connectivity index (χ0n) is 14.1. The number of carbonyl (C=O) groups is 1. The zero-order valence-corrected chi connectivity index (χ0v) is 15.7. The van der Waals surface area contributed by atoms with E-state index in [4.69, 9.17) is 0 Å². The van der Waals surface area contributed by atoms with Crippen LogP contribution in [0.25, 0.3) is 0 Å². The number of amides is 1. The Morgan fingerprint density at radius 2 is 1.84 bits per heavy atom. The molecule has 0 radical (unpaired) electrons. The Morgan fingerprint density at radius 3 is 2.48 bits per heavy atom. The molecule has 0 saturated heterocycles. The minimum Gasteiger partial charge on any atom is -0.296 e. The van der Waals surface area contributed by atoms with Crippen molar-refractivity contribution in [3.05, 3.63) is 40.4 Å². The molecular formula is C17H21N3O3S2. The van der Waals surface area contributed by atoms with Crippen molar-refractivity contribution in [1.29, 1.82) is 0 Å². The maximum atomic E-state index is 12.3. The molecular weight excluding hydrogens is 358 g/mol. The maximum Gasteiger partial charge on any atom is 0.257 e. The summed E-state index contributed by atoms with van der Waals surface area (Å²) in [4.78, 5) is 12.3. The minimum absolute atomic E-state index is 0.0317. The van der Waals surface area contributed by atoms with Crippen LogP contribution in [0.1, 0.15) is 59.0 Å². The van der Waals surface area contributed by atoms with Crippen LogP contribution in [0.15, 0.2) is 24.3 Å². The predicted molar refractivity (Wildman–Crippen MR) is 98.7 cm³/mol. The van der Waals surface area contributed by atoms with Crippen molar-refractivity contribution in [2.45, 2.75) is 43.8 Å². The van der Waals surface area contributed by atoms with Gasteiger partial charge < -0.3 is 0 Å². The van der Waals surface area contributed by atoms with Gasteiger partial charge in [0.2, 0.25) is 5.13 Å². The van der Waals surface area contributed by atoms with Crippen LogP contribution in [0.3, 0.4) is 0 Å². The van der Waals surface area contributed by atoms with Gasteiger partial charge in [-0.25, -0.2) is 8.42 Å². The Labute approximate surface area is 151 Å². The largest absolute Gasteiger partial charge is 0.296 e. The summed E-state index contributed by atoms with van der Waals surface area (Å²) in [6, 6.07) is 6.56. The van der Waals surface area contributed by atoms with Gasteiger partial charge in [-0.3, -0.25) is 10.1 Å². The minimum atomic E-state index is -3.08. The highest BCUT2D eigenvalue weighted by Gasteiger charge is 2.20. The van der Waals surface area contributed by atoms with E-state index >= 15 is 0 Å². The molecule has 0 bridgehead atoms. The first-order chi connectivity index (χ1) is 11.9. The van der Waals surface area contributed by atoms with Crippen molar-refractivity contribution in [1.82, 2.24) is 10.2 Å². The van der Waals surface area contributed by atoms with Crippen molar-refractivity contribution in [3.63, 3.8) is 0 Å². The molecule has 1 aliphatic rings. The van der Waals surface area contributed by atoms with Gasteiger partial charge in [-0.1, -0.05) is 42.7 Å². The third-order valence-corrected chi connectivity index (χ3v) is 6.12. The topological polar surface area (TPSA) is 89.0 Å². The van der Waals surface area contributed by atoms with Gasteiger partial charge in [0.15, 0.2) is 9.84 Å². The lowest BCUT2D eigenvalue weighted by atomic mass is 9.90. The average molecular weight is 380 g/mol. The lowest BCUT2D eigenvalue weighted by molar-refractivity contribution is 0.102. The summed E-state index contributed by atoms with van der Waals surface area (Å²) in [5, 5.41) is 12.6. The molecule has 8 heteroatoms. The normalized spacial score (nSPS) is 15.9. The van der Waals surface area contributed by atoms with E-state index in [1.165, 1.54) is 36.9 Å². The van der Waals surface area contributed by atoms with Crippen LogP contribution in [0, 0.1) is 0 Å². The van der Waals surface area contributed by atoms with E-state index < -0.39 is 9.84 Å². The van der Waals surface area contributed by atoms with E-state index in [0.717, 1.165) is 17.8 Å². The Kier molecular flexibility index (Phi) is 5.48. The highest BCUT2D eigenvalue weighted by atomic mass is 32.2. The first-order valence-corrected chi connectivity index (χ1v) is 11.2. The SMILES string of the molecule is CS(=O)(=O)Cc1ccc(C(=O)Nc2nnc(C3CCCCC3)s2)cc1. The third-order valence-electron chi connectivity index (χ3n) is 4.26. The van der Waals surface area contributed by atoms with Crippen molar-refractivity contribution < 1.29 is 13.2 Å². The molecule has 0 unspecified atom stereocenters. The van der Waals surface area contributed by atoms with Gasteiger partial charge >= 0.3 is 0 Å². The van der Waals surface area contributed by atoms with E-state index in [-0.39, 0.29) is 11.7 Å². The summed E-state index contributed by atoms with van der Waals surface area (Å²) < 4.78 is 22.6. The Hall–Kier alpha value is -1.80. The zero-order chi connectivity index (χ0) is 17.9. The fourth-order valence-corrected chi connectivity index (χ4v) is 4.73. The van der Waals surface area contributed by atoms with E-state index in [1.54, 1.807) is 24.3 Å². The van der Waals surface area contributed by atoms with Gasteiger partial charge in [-0.2, -0.15) is 0 Å². The molecule has 1 aromatic carbocycles. The second-order valence-corrected chi connectivity index (χ2v) is 9.65. The molecule has 3 rings (SSSR count). The lowest BCUT2D eigenvalue weighted by Gasteiger charge is -2.18.